The van der Waals surface area contributed by atoms with Crippen molar-refractivity contribution in [1.82, 2.24) is 5.32 Å². The van der Waals surface area contributed by atoms with Gasteiger partial charge in [-0.15, -0.1) is 0 Å². The van der Waals surface area contributed by atoms with E-state index in [1.807, 2.05) is 20.8 Å². The zero-order valence-corrected chi connectivity index (χ0v) is 10.2. The zero-order chi connectivity index (χ0) is 12.2. The molecule has 3 heteroatoms. The monoisotopic (exact) mass is 225 g/mol. The first-order chi connectivity index (χ1) is 7.50. The summed E-state index contributed by atoms with van der Waals surface area (Å²) in [5, 5.41) is 12.5. The first-order valence-corrected chi connectivity index (χ1v) is 5.61. The number of hydrogen-bond donors (Lipinski definition) is 2. The summed E-state index contributed by atoms with van der Waals surface area (Å²) in [5.41, 5.74) is 1.71. The molecule has 90 valence electrons. The molecule has 1 rings (SSSR count). The minimum Gasteiger partial charge on any atom is -0.394 e. The fourth-order valence-corrected chi connectivity index (χ4v) is 1.43. The quantitative estimate of drug-likeness (QED) is 0.806. The van der Waals surface area contributed by atoms with E-state index >= 15 is 0 Å². The Morgan fingerprint density at radius 1 is 1.44 bits per heavy atom. The maximum Gasteiger partial charge on any atom is 0.123 e. The van der Waals surface area contributed by atoms with Crippen LogP contribution in [0, 0.1) is 12.7 Å². The number of aliphatic hydroxyl groups excluding tert-OH is 1. The molecule has 0 bridgehead atoms. The molecule has 1 unspecified atom stereocenters. The van der Waals surface area contributed by atoms with Gasteiger partial charge in [0.25, 0.3) is 0 Å². The highest BCUT2D eigenvalue weighted by molar-refractivity contribution is 5.26. The van der Waals surface area contributed by atoms with Gasteiger partial charge in [0.05, 0.1) is 6.61 Å². The Morgan fingerprint density at radius 2 is 2.12 bits per heavy atom. The second-order valence-corrected chi connectivity index (χ2v) is 4.50. The molecule has 0 radical (unpaired) electrons. The second-order valence-electron chi connectivity index (χ2n) is 4.50. The molecule has 1 aromatic carbocycles. The van der Waals surface area contributed by atoms with Gasteiger partial charge in [-0.2, -0.15) is 0 Å². The highest BCUT2D eigenvalue weighted by Gasteiger charge is 2.19. The molecular weight excluding hydrogens is 205 g/mol. The van der Waals surface area contributed by atoms with Crippen LogP contribution in [-0.2, 0) is 6.54 Å². The van der Waals surface area contributed by atoms with Gasteiger partial charge in [-0.25, -0.2) is 4.39 Å². The van der Waals surface area contributed by atoms with E-state index < -0.39 is 0 Å². The smallest absolute Gasteiger partial charge is 0.123 e. The number of halogens is 1. The van der Waals surface area contributed by atoms with E-state index in [1.54, 1.807) is 6.07 Å². The van der Waals surface area contributed by atoms with Crippen molar-refractivity contribution in [2.45, 2.75) is 39.3 Å². The van der Waals surface area contributed by atoms with Gasteiger partial charge in [-0.3, -0.25) is 0 Å². The van der Waals surface area contributed by atoms with Gasteiger partial charge in [0.2, 0.25) is 0 Å². The van der Waals surface area contributed by atoms with Crippen molar-refractivity contribution in [1.29, 1.82) is 0 Å². The van der Waals surface area contributed by atoms with Crippen LogP contribution in [0.15, 0.2) is 18.2 Å². The minimum atomic E-state index is -0.293. The lowest BCUT2D eigenvalue weighted by atomic mass is 9.99. The standard InChI is InChI=1S/C13H20FNO/c1-4-13(3,9-16)15-8-11-7-12(14)6-5-10(11)2/h5-7,15-16H,4,8-9H2,1-3H3. The Labute approximate surface area is 96.5 Å². The van der Waals surface area contributed by atoms with E-state index in [0.29, 0.717) is 6.54 Å². The maximum absolute atomic E-state index is 13.1. The third-order valence-electron chi connectivity index (χ3n) is 3.15. The van der Waals surface area contributed by atoms with Crippen LogP contribution in [0.2, 0.25) is 0 Å². The van der Waals surface area contributed by atoms with Crippen LogP contribution in [-0.4, -0.2) is 17.3 Å². The number of aryl methyl sites for hydroxylation is 1. The number of rotatable bonds is 5. The van der Waals surface area contributed by atoms with E-state index in [0.717, 1.165) is 17.5 Å². The molecule has 16 heavy (non-hydrogen) atoms. The van der Waals surface area contributed by atoms with Gasteiger partial charge < -0.3 is 10.4 Å². The molecule has 0 saturated heterocycles. The topological polar surface area (TPSA) is 32.3 Å². The Hall–Kier alpha value is -0.930. The highest BCUT2D eigenvalue weighted by Crippen LogP contribution is 2.13. The van der Waals surface area contributed by atoms with Crippen molar-refractivity contribution in [2.24, 2.45) is 0 Å². The number of benzene rings is 1. The normalized spacial score (nSPS) is 14.8. The van der Waals surface area contributed by atoms with Gasteiger partial charge in [0, 0.05) is 12.1 Å². The summed E-state index contributed by atoms with van der Waals surface area (Å²) in [5.74, 6) is -0.218. The van der Waals surface area contributed by atoms with E-state index in [9.17, 15) is 9.50 Å². The molecule has 0 aromatic heterocycles. The fraction of sp³-hybridized carbons (Fsp3) is 0.538. The second kappa shape index (κ2) is 5.41. The molecule has 0 heterocycles. The summed E-state index contributed by atoms with van der Waals surface area (Å²) in [4.78, 5) is 0. The lowest BCUT2D eigenvalue weighted by Gasteiger charge is -2.27. The zero-order valence-electron chi connectivity index (χ0n) is 10.2. The van der Waals surface area contributed by atoms with E-state index in [1.165, 1.54) is 12.1 Å². The Kier molecular flexibility index (Phi) is 4.44. The maximum atomic E-state index is 13.1. The van der Waals surface area contributed by atoms with E-state index in [4.69, 9.17) is 0 Å². The molecule has 2 N–H and O–H groups in total. The fourth-order valence-electron chi connectivity index (χ4n) is 1.43. The Morgan fingerprint density at radius 3 is 2.69 bits per heavy atom. The van der Waals surface area contributed by atoms with Gasteiger partial charge in [0.1, 0.15) is 5.82 Å². The molecule has 0 aliphatic heterocycles. The first kappa shape index (κ1) is 13.1. The predicted octanol–water partition coefficient (Wildman–Crippen LogP) is 2.38. The third-order valence-corrected chi connectivity index (χ3v) is 3.15. The molecule has 2 nitrogen and oxygen atoms in total. The van der Waals surface area contributed by atoms with Crippen LogP contribution in [0.25, 0.3) is 0 Å². The van der Waals surface area contributed by atoms with Crippen LogP contribution < -0.4 is 5.32 Å². The van der Waals surface area contributed by atoms with Crippen molar-refractivity contribution in [2.75, 3.05) is 6.61 Å². The summed E-state index contributed by atoms with van der Waals surface area (Å²) in [7, 11) is 0. The average molecular weight is 225 g/mol. The molecular formula is C13H20FNO. The van der Waals surface area contributed by atoms with Crippen LogP contribution in [0.1, 0.15) is 31.4 Å². The molecule has 0 aliphatic rings. The van der Waals surface area contributed by atoms with Gasteiger partial charge >= 0.3 is 0 Å². The van der Waals surface area contributed by atoms with Crippen LogP contribution in [0.5, 0.6) is 0 Å². The largest absolute Gasteiger partial charge is 0.394 e. The van der Waals surface area contributed by atoms with Crippen molar-refractivity contribution in [3.63, 3.8) is 0 Å². The van der Waals surface area contributed by atoms with Crippen LogP contribution in [0.3, 0.4) is 0 Å². The lowest BCUT2D eigenvalue weighted by Crippen LogP contribution is -2.44. The van der Waals surface area contributed by atoms with Gasteiger partial charge in [-0.1, -0.05) is 13.0 Å². The summed E-state index contributed by atoms with van der Waals surface area (Å²) in [6, 6.07) is 4.77. The van der Waals surface area contributed by atoms with Gasteiger partial charge in [0.15, 0.2) is 0 Å². The SMILES string of the molecule is CCC(C)(CO)NCc1cc(F)ccc1C. The minimum absolute atomic E-state index is 0.0812. The molecule has 1 atom stereocenters. The van der Waals surface area contributed by atoms with Crippen molar-refractivity contribution < 1.29 is 9.50 Å². The van der Waals surface area contributed by atoms with Gasteiger partial charge in [-0.05, 0) is 43.5 Å². The molecule has 0 fully saturated rings. The molecule has 0 spiro atoms. The first-order valence-electron chi connectivity index (χ1n) is 5.61. The number of hydrogen-bond acceptors (Lipinski definition) is 2. The molecule has 0 saturated carbocycles. The average Bonchev–Trinajstić information content (AvgIpc) is 2.30. The van der Waals surface area contributed by atoms with E-state index in [2.05, 4.69) is 5.32 Å². The van der Waals surface area contributed by atoms with Crippen LogP contribution >= 0.6 is 0 Å². The summed E-state index contributed by atoms with van der Waals surface area (Å²) < 4.78 is 13.1. The summed E-state index contributed by atoms with van der Waals surface area (Å²) >= 11 is 0. The predicted molar refractivity (Wildman–Crippen MR) is 63.8 cm³/mol. The molecule has 1 aromatic rings. The molecule has 0 amide bonds. The summed E-state index contributed by atoms with van der Waals surface area (Å²) in [6.45, 7) is 6.59. The molecule has 0 aliphatic carbocycles. The summed E-state index contributed by atoms with van der Waals surface area (Å²) in [6.07, 6.45) is 0.831. The highest BCUT2D eigenvalue weighted by atomic mass is 19.1. The van der Waals surface area contributed by atoms with Crippen molar-refractivity contribution in [3.8, 4) is 0 Å². The third kappa shape index (κ3) is 3.29. The number of nitrogens with one attached hydrogen (secondary N) is 1. The lowest BCUT2D eigenvalue weighted by molar-refractivity contribution is 0.169. The Bertz CT molecular complexity index is 348. The van der Waals surface area contributed by atoms with E-state index in [-0.39, 0.29) is 18.0 Å². The van der Waals surface area contributed by atoms with Crippen molar-refractivity contribution >= 4 is 0 Å². The Balaban J connectivity index is 2.70. The van der Waals surface area contributed by atoms with Crippen molar-refractivity contribution in [3.05, 3.63) is 35.1 Å². The van der Waals surface area contributed by atoms with Crippen LogP contribution in [0.4, 0.5) is 4.39 Å². The number of aliphatic hydroxyl groups is 1.